The third-order valence-electron chi connectivity index (χ3n) is 19.1. The van der Waals surface area contributed by atoms with E-state index in [4.69, 9.17) is 28.1 Å². The standard InChI is InChI=1S/C74H117N15O13S2/c75-37-13-17-41-82(50-65(90)81-64(36-48-103)74(99)100)67(92)51-83(42-18-14-38-76)69(94)54-87(46-33-58-21-5-1-6-22-58)71(96)55-88(47-34-59-23-7-2-8-24-59)70(95)53-84(43-19-15-39-77)68(93)52-85(44-20-16-40-78)72(97)57-89(62-27-11-4-12-28-62)73(98)56-86(66(91)49-80-61-25-9-3-10-26-61)45-35-60-29-31-63(32-30-60)104(79,101)102/h1-2,5-8,21-24,29-32,61-62,64,80,103H,3-4,9-20,25-28,33-57,75-78H2,(H,81,90)(H,99,100)(H2,79,101,102). The molecule has 0 aromatic heterocycles. The molecule has 2 fully saturated rings. The van der Waals surface area contributed by atoms with Gasteiger partial charge in [0.25, 0.3) is 0 Å². The average Bonchev–Trinajstić information content (AvgIpc) is 0.772. The van der Waals surface area contributed by atoms with Crippen LogP contribution in [-0.2, 0) is 77.2 Å². The van der Waals surface area contributed by atoms with Crippen LogP contribution in [0.25, 0.3) is 0 Å². The quantitative estimate of drug-likeness (QED) is 0.0289. The van der Waals surface area contributed by atoms with Gasteiger partial charge in [-0.05, 0) is 163 Å². The number of carbonyl (C=O) groups is 10. The molecule has 0 radical (unpaired) electrons. The number of carboxylic acids is 1. The molecule has 30 heteroatoms. The Labute approximate surface area is 620 Å². The van der Waals surface area contributed by atoms with E-state index >= 15 is 24.0 Å². The Morgan fingerprint density at radius 3 is 1.15 bits per heavy atom. The summed E-state index contributed by atoms with van der Waals surface area (Å²) in [4.78, 5) is 155. The van der Waals surface area contributed by atoms with Crippen molar-refractivity contribution in [2.75, 3.05) is 137 Å². The van der Waals surface area contributed by atoms with Crippen molar-refractivity contribution in [1.82, 2.24) is 49.8 Å². The summed E-state index contributed by atoms with van der Waals surface area (Å²) >= 11 is 4.12. The average molecular weight is 1490 g/mol. The number of carboxylic acid groups (broad SMARTS) is 1. The summed E-state index contributed by atoms with van der Waals surface area (Å²) in [5.74, 6) is -6.04. The second kappa shape index (κ2) is 48.5. The lowest BCUT2D eigenvalue weighted by molar-refractivity contribution is -0.149. The lowest BCUT2D eigenvalue weighted by Crippen LogP contribution is -2.54. The number of sulfonamides is 1. The highest BCUT2D eigenvalue weighted by molar-refractivity contribution is 7.89. The molecular weight excluding hydrogens is 1370 g/mol. The van der Waals surface area contributed by atoms with Gasteiger partial charge in [-0.3, -0.25) is 43.2 Å². The first-order valence-electron chi connectivity index (χ1n) is 37.2. The largest absolute Gasteiger partial charge is 0.480 e. The maximum atomic E-state index is 15.2. The molecule has 0 spiro atoms. The molecule has 9 amide bonds. The number of carbonyl (C=O) groups excluding carboxylic acids is 9. The Balaban J connectivity index is 1.43. The molecule has 13 N–H and O–H groups in total. The highest BCUT2D eigenvalue weighted by atomic mass is 32.2. The highest BCUT2D eigenvalue weighted by Gasteiger charge is 2.35. The molecule has 5 rings (SSSR count). The molecule has 1 atom stereocenters. The zero-order chi connectivity index (χ0) is 75.7. The summed E-state index contributed by atoms with van der Waals surface area (Å²) < 4.78 is 24.1. The minimum atomic E-state index is -3.96. The molecule has 1 unspecified atom stereocenters. The van der Waals surface area contributed by atoms with Crippen LogP contribution in [0.2, 0.25) is 0 Å². The molecule has 0 bridgehead atoms. The summed E-state index contributed by atoms with van der Waals surface area (Å²) in [6, 6.07) is 23.2. The van der Waals surface area contributed by atoms with Crippen molar-refractivity contribution in [3.63, 3.8) is 0 Å². The zero-order valence-electron chi connectivity index (χ0n) is 60.9. The van der Waals surface area contributed by atoms with Crippen LogP contribution in [0.1, 0.15) is 139 Å². The fourth-order valence-corrected chi connectivity index (χ4v) is 13.6. The molecule has 28 nitrogen and oxygen atoms in total. The van der Waals surface area contributed by atoms with E-state index in [2.05, 4.69) is 23.3 Å². The van der Waals surface area contributed by atoms with E-state index in [1.807, 2.05) is 60.7 Å². The molecule has 0 aliphatic heterocycles. The fraction of sp³-hybridized carbons (Fsp3) is 0.622. The number of aliphatic carboxylic acids is 1. The lowest BCUT2D eigenvalue weighted by Gasteiger charge is -2.37. The maximum absolute atomic E-state index is 15.2. The van der Waals surface area contributed by atoms with Gasteiger partial charge in [-0.1, -0.05) is 111 Å². The minimum absolute atomic E-state index is 0.0115. The van der Waals surface area contributed by atoms with Crippen molar-refractivity contribution in [1.29, 1.82) is 0 Å². The number of nitrogens with zero attached hydrogens (tertiary/aromatic N) is 8. The number of unbranched alkanes of at least 4 members (excludes halogenated alkanes) is 4. The van der Waals surface area contributed by atoms with Gasteiger partial charge in [0.05, 0.1) is 57.3 Å². The number of benzene rings is 3. The van der Waals surface area contributed by atoms with Gasteiger partial charge in [0.1, 0.15) is 12.6 Å². The second-order valence-electron chi connectivity index (χ2n) is 27.1. The second-order valence-corrected chi connectivity index (χ2v) is 29.1. The maximum Gasteiger partial charge on any atom is 0.326 e. The molecule has 0 heterocycles. The number of rotatable bonds is 50. The van der Waals surface area contributed by atoms with Crippen molar-refractivity contribution in [2.45, 2.75) is 164 Å². The molecule has 0 saturated heterocycles. The van der Waals surface area contributed by atoms with Crippen LogP contribution in [0.15, 0.2) is 89.8 Å². The van der Waals surface area contributed by atoms with Crippen LogP contribution in [-0.4, -0.2) is 267 Å². The smallest absolute Gasteiger partial charge is 0.326 e. The van der Waals surface area contributed by atoms with Crippen LogP contribution >= 0.6 is 12.6 Å². The van der Waals surface area contributed by atoms with E-state index in [9.17, 15) is 37.5 Å². The number of nitrogens with two attached hydrogens (primary N) is 5. The number of thiol groups is 1. The molecule has 2 aliphatic carbocycles. The van der Waals surface area contributed by atoms with Crippen molar-refractivity contribution in [2.24, 2.45) is 28.1 Å². The number of hydrogen-bond donors (Lipinski definition) is 9. The number of amides is 9. The predicted molar refractivity (Wildman–Crippen MR) is 403 cm³/mol. The minimum Gasteiger partial charge on any atom is -0.480 e. The van der Waals surface area contributed by atoms with Crippen molar-refractivity contribution >= 4 is 81.8 Å². The first-order chi connectivity index (χ1) is 50.1. The summed E-state index contributed by atoms with van der Waals surface area (Å²) in [5.41, 5.74) is 26.1. The van der Waals surface area contributed by atoms with Crippen LogP contribution in [0.4, 0.5) is 0 Å². The van der Waals surface area contributed by atoms with Gasteiger partial charge in [-0.2, -0.15) is 12.6 Å². The number of primary sulfonamides is 1. The van der Waals surface area contributed by atoms with Gasteiger partial charge in [0.15, 0.2) is 0 Å². The van der Waals surface area contributed by atoms with E-state index < -0.39 is 115 Å². The van der Waals surface area contributed by atoms with Gasteiger partial charge in [0.2, 0.25) is 63.2 Å². The first kappa shape index (κ1) is 87.1. The van der Waals surface area contributed by atoms with E-state index in [1.54, 1.807) is 17.0 Å². The van der Waals surface area contributed by atoms with Crippen molar-refractivity contribution < 1.29 is 61.5 Å². The molecule has 104 heavy (non-hydrogen) atoms. The SMILES string of the molecule is NCCCCN(CC(=O)NC(CCS)C(=O)O)C(=O)CN(CCCCN)C(=O)CN(CCc1ccccc1)C(=O)CN(CCc1ccccc1)C(=O)CN(CCCCN)C(=O)CN(CCCCN)C(=O)CN(C(=O)CN(CCc1ccc(S(N)(=O)=O)cc1)C(=O)CNC1CCCCC1)C1CCCCC1. The normalized spacial score (nSPS) is 13.6. The van der Waals surface area contributed by atoms with Gasteiger partial charge in [0, 0.05) is 57.9 Å². The molecule has 3 aromatic rings. The van der Waals surface area contributed by atoms with E-state index in [1.165, 1.54) is 46.4 Å². The fourth-order valence-electron chi connectivity index (χ4n) is 12.8. The molecule has 3 aromatic carbocycles. The Bertz CT molecular complexity index is 3240. The van der Waals surface area contributed by atoms with Gasteiger partial charge in [-0.25, -0.2) is 18.4 Å². The topological polar surface area (TPSA) is 405 Å². The molecule has 2 saturated carbocycles. The summed E-state index contributed by atoms with van der Waals surface area (Å²) in [7, 11) is -3.96. The lowest BCUT2D eigenvalue weighted by atomic mass is 9.94. The molecule has 578 valence electrons. The van der Waals surface area contributed by atoms with Crippen molar-refractivity contribution in [3.8, 4) is 0 Å². The summed E-state index contributed by atoms with van der Waals surface area (Å²) in [5, 5.41) is 21.0. The third-order valence-corrected chi connectivity index (χ3v) is 20.3. The van der Waals surface area contributed by atoms with Gasteiger partial charge in [-0.15, -0.1) is 0 Å². The van der Waals surface area contributed by atoms with Crippen LogP contribution < -0.4 is 38.7 Å². The van der Waals surface area contributed by atoms with Crippen LogP contribution in [0.3, 0.4) is 0 Å². The summed E-state index contributed by atoms with van der Waals surface area (Å²) in [6.07, 6.45) is 13.3. The molecular formula is C74H117N15O13S2. The first-order valence-corrected chi connectivity index (χ1v) is 39.4. The molecule has 2 aliphatic rings. The highest BCUT2D eigenvalue weighted by Crippen LogP contribution is 2.24. The zero-order valence-corrected chi connectivity index (χ0v) is 62.6. The number of nitrogens with one attached hydrogen (secondary N) is 2. The Morgan fingerprint density at radius 1 is 0.433 bits per heavy atom. The van der Waals surface area contributed by atoms with E-state index in [0.717, 1.165) is 62.5 Å². The van der Waals surface area contributed by atoms with Crippen LogP contribution in [0.5, 0.6) is 0 Å². The third kappa shape index (κ3) is 32.4. The van der Waals surface area contributed by atoms with E-state index in [-0.39, 0.29) is 113 Å². The Morgan fingerprint density at radius 2 is 0.779 bits per heavy atom. The number of hydrogen-bond acceptors (Lipinski definition) is 18. The van der Waals surface area contributed by atoms with Crippen LogP contribution in [0, 0.1) is 0 Å². The predicted octanol–water partition coefficient (Wildman–Crippen LogP) is 2.09. The monoisotopic (exact) mass is 1490 g/mol. The van der Waals surface area contributed by atoms with Gasteiger partial charge < -0.3 is 77.9 Å². The Kier molecular flexibility index (Phi) is 40.6. The van der Waals surface area contributed by atoms with Gasteiger partial charge >= 0.3 is 5.97 Å². The summed E-state index contributed by atoms with van der Waals surface area (Å²) in [6.45, 7) is -2.18. The van der Waals surface area contributed by atoms with E-state index in [0.29, 0.717) is 95.7 Å². The Hall–Kier alpha value is -7.58. The van der Waals surface area contributed by atoms with Crippen molar-refractivity contribution in [3.05, 3.63) is 102 Å².